The van der Waals surface area contributed by atoms with E-state index in [-0.39, 0.29) is 12.8 Å². The number of nitrogens with two attached hydrogens (primary N) is 1. The summed E-state index contributed by atoms with van der Waals surface area (Å²) < 4.78 is 25.6. The predicted octanol–water partition coefficient (Wildman–Crippen LogP) is 1.79. The predicted molar refractivity (Wildman–Crippen MR) is 59.6 cm³/mol. The van der Waals surface area contributed by atoms with Crippen molar-refractivity contribution in [3.8, 4) is 0 Å². The molecule has 6 heteroatoms. The summed E-state index contributed by atoms with van der Waals surface area (Å²) in [7, 11) is 3.91. The average molecular weight is 247 g/mol. The quantitative estimate of drug-likeness (QED) is 0.885. The summed E-state index contributed by atoms with van der Waals surface area (Å²) >= 11 is 1.43. The van der Waals surface area contributed by atoms with Gasteiger partial charge in [0.1, 0.15) is 5.01 Å². The largest absolute Gasteiger partial charge is 0.319 e. The van der Waals surface area contributed by atoms with Crippen molar-refractivity contribution in [2.45, 2.75) is 30.8 Å². The Balaban J connectivity index is 2.08. The van der Waals surface area contributed by atoms with Crippen LogP contribution < -0.4 is 5.73 Å². The zero-order chi connectivity index (χ0) is 12.0. The number of hydrogen-bond acceptors (Lipinski definition) is 4. The minimum Gasteiger partial charge on any atom is -0.319 e. The van der Waals surface area contributed by atoms with Crippen molar-refractivity contribution in [2.24, 2.45) is 5.73 Å². The highest BCUT2D eigenvalue weighted by molar-refractivity contribution is 7.11. The molecule has 1 aromatic rings. The molecular formula is C10H15F2N3S. The third-order valence-electron chi connectivity index (χ3n) is 2.60. The van der Waals surface area contributed by atoms with Gasteiger partial charge in [0, 0.05) is 30.5 Å². The summed E-state index contributed by atoms with van der Waals surface area (Å²) in [5.41, 5.74) is 4.99. The molecule has 0 spiro atoms. The molecule has 0 atom stereocenters. The maximum atomic E-state index is 12.8. The Bertz CT molecular complexity index is 381. The van der Waals surface area contributed by atoms with Gasteiger partial charge in [0.2, 0.25) is 0 Å². The van der Waals surface area contributed by atoms with Crippen LogP contribution in [0.25, 0.3) is 0 Å². The molecule has 0 aromatic carbocycles. The van der Waals surface area contributed by atoms with E-state index in [0.29, 0.717) is 5.01 Å². The lowest BCUT2D eigenvalue weighted by atomic mass is 9.75. The second kappa shape index (κ2) is 3.72. The van der Waals surface area contributed by atoms with Gasteiger partial charge in [-0.05, 0) is 14.1 Å². The van der Waals surface area contributed by atoms with E-state index in [0.717, 1.165) is 11.4 Å². The highest BCUT2D eigenvalue weighted by Gasteiger charge is 2.56. The smallest absolute Gasteiger partial charge is 0.252 e. The van der Waals surface area contributed by atoms with E-state index in [1.54, 1.807) is 6.20 Å². The molecule has 90 valence electrons. The molecule has 16 heavy (non-hydrogen) atoms. The van der Waals surface area contributed by atoms with Gasteiger partial charge in [0.05, 0.1) is 5.54 Å². The van der Waals surface area contributed by atoms with Crippen molar-refractivity contribution in [3.05, 3.63) is 16.1 Å². The van der Waals surface area contributed by atoms with Crippen molar-refractivity contribution >= 4 is 11.3 Å². The first kappa shape index (κ1) is 11.9. The molecule has 0 radical (unpaired) electrons. The second-order valence-corrected chi connectivity index (χ2v) is 5.85. The monoisotopic (exact) mass is 247 g/mol. The van der Waals surface area contributed by atoms with Crippen molar-refractivity contribution in [2.75, 3.05) is 14.1 Å². The van der Waals surface area contributed by atoms with E-state index in [1.807, 2.05) is 19.0 Å². The molecule has 1 aliphatic carbocycles. The summed E-state index contributed by atoms with van der Waals surface area (Å²) in [6.07, 6.45) is 1.16. The molecule has 0 aliphatic heterocycles. The fraction of sp³-hybridized carbons (Fsp3) is 0.700. The van der Waals surface area contributed by atoms with Gasteiger partial charge in [0.25, 0.3) is 5.92 Å². The molecule has 0 saturated heterocycles. The van der Waals surface area contributed by atoms with Crippen molar-refractivity contribution in [1.29, 1.82) is 0 Å². The molecule has 0 amide bonds. The lowest BCUT2D eigenvalue weighted by molar-refractivity contribution is -0.125. The lowest BCUT2D eigenvalue weighted by Gasteiger charge is -2.42. The van der Waals surface area contributed by atoms with Crippen molar-refractivity contribution in [1.82, 2.24) is 9.88 Å². The summed E-state index contributed by atoms with van der Waals surface area (Å²) in [5, 5.41) is 0.635. The minimum absolute atomic E-state index is 0.283. The number of aromatic nitrogens is 1. The highest BCUT2D eigenvalue weighted by atomic mass is 32.1. The van der Waals surface area contributed by atoms with Gasteiger partial charge in [-0.25, -0.2) is 13.8 Å². The molecule has 1 saturated carbocycles. The van der Waals surface area contributed by atoms with Gasteiger partial charge in [-0.3, -0.25) is 0 Å². The highest BCUT2D eigenvalue weighted by Crippen LogP contribution is 2.50. The van der Waals surface area contributed by atoms with E-state index in [9.17, 15) is 8.78 Å². The van der Waals surface area contributed by atoms with Crippen LogP contribution in [0.5, 0.6) is 0 Å². The van der Waals surface area contributed by atoms with Crippen LogP contribution in [0.1, 0.15) is 22.7 Å². The molecule has 1 aromatic heterocycles. The molecular weight excluding hydrogens is 232 g/mol. The van der Waals surface area contributed by atoms with Gasteiger partial charge in [0.15, 0.2) is 0 Å². The van der Waals surface area contributed by atoms with Crippen LogP contribution in [0.3, 0.4) is 0 Å². The van der Waals surface area contributed by atoms with Crippen LogP contribution in [0.4, 0.5) is 8.78 Å². The fourth-order valence-electron chi connectivity index (χ4n) is 1.94. The Kier molecular flexibility index (Phi) is 2.76. The van der Waals surface area contributed by atoms with Crippen LogP contribution in [-0.2, 0) is 12.1 Å². The summed E-state index contributed by atoms with van der Waals surface area (Å²) in [4.78, 5) is 7.23. The number of thiazole rings is 1. The lowest BCUT2D eigenvalue weighted by Crippen LogP contribution is -2.55. The molecule has 1 fully saturated rings. The summed E-state index contributed by atoms with van der Waals surface area (Å²) in [5.74, 6) is -2.61. The second-order valence-electron chi connectivity index (χ2n) is 4.74. The summed E-state index contributed by atoms with van der Waals surface area (Å²) in [6.45, 7) is 0.768. The van der Waals surface area contributed by atoms with Gasteiger partial charge >= 0.3 is 0 Å². The number of halogens is 2. The third-order valence-corrected chi connectivity index (χ3v) is 3.80. The molecule has 2 N–H and O–H groups in total. The number of nitrogens with zero attached hydrogens (tertiary/aromatic N) is 2. The van der Waals surface area contributed by atoms with Crippen LogP contribution in [0.2, 0.25) is 0 Å². The van der Waals surface area contributed by atoms with Crippen molar-refractivity contribution in [3.63, 3.8) is 0 Å². The van der Waals surface area contributed by atoms with Gasteiger partial charge in [-0.1, -0.05) is 0 Å². The van der Waals surface area contributed by atoms with Crippen LogP contribution >= 0.6 is 11.3 Å². The average Bonchev–Trinajstić information content (AvgIpc) is 2.47. The SMILES string of the molecule is CN(C)Cc1cnc(C2(N)CC(F)(F)C2)s1. The Morgan fingerprint density at radius 2 is 2.12 bits per heavy atom. The Morgan fingerprint density at radius 3 is 2.62 bits per heavy atom. The fourth-order valence-corrected chi connectivity index (χ4v) is 3.07. The van der Waals surface area contributed by atoms with E-state index in [4.69, 9.17) is 5.73 Å². The van der Waals surface area contributed by atoms with Gasteiger partial charge < -0.3 is 10.6 Å². The Morgan fingerprint density at radius 1 is 1.50 bits per heavy atom. The maximum absolute atomic E-state index is 12.8. The van der Waals surface area contributed by atoms with Crippen molar-refractivity contribution < 1.29 is 8.78 Å². The zero-order valence-corrected chi connectivity index (χ0v) is 10.2. The zero-order valence-electron chi connectivity index (χ0n) is 9.33. The van der Waals surface area contributed by atoms with E-state index < -0.39 is 11.5 Å². The molecule has 0 unspecified atom stereocenters. The number of alkyl halides is 2. The van der Waals surface area contributed by atoms with Crippen LogP contribution in [-0.4, -0.2) is 29.9 Å². The first-order chi connectivity index (χ1) is 7.31. The minimum atomic E-state index is -2.61. The topological polar surface area (TPSA) is 42.2 Å². The molecule has 0 bridgehead atoms. The maximum Gasteiger partial charge on any atom is 0.252 e. The van der Waals surface area contributed by atoms with Crippen LogP contribution in [0, 0.1) is 0 Å². The van der Waals surface area contributed by atoms with E-state index in [1.165, 1.54) is 11.3 Å². The van der Waals surface area contributed by atoms with Gasteiger partial charge in [-0.15, -0.1) is 11.3 Å². The summed E-state index contributed by atoms with van der Waals surface area (Å²) in [6, 6.07) is 0. The van der Waals surface area contributed by atoms with Gasteiger partial charge in [-0.2, -0.15) is 0 Å². The third kappa shape index (κ3) is 2.23. The Labute approximate surface area is 97.3 Å². The molecule has 3 nitrogen and oxygen atoms in total. The molecule has 1 aliphatic rings. The molecule has 1 heterocycles. The first-order valence-corrected chi connectivity index (χ1v) is 5.89. The molecule has 2 rings (SSSR count). The normalized spacial score (nSPS) is 22.1. The van der Waals surface area contributed by atoms with E-state index in [2.05, 4.69) is 4.98 Å². The number of hydrogen-bond donors (Lipinski definition) is 1. The standard InChI is InChI=1S/C10H15F2N3S/c1-15(2)4-7-3-14-8(16-7)9(13)5-10(11,12)6-9/h3H,4-6,13H2,1-2H3. The van der Waals surface area contributed by atoms with Crippen LogP contribution in [0.15, 0.2) is 6.20 Å². The first-order valence-electron chi connectivity index (χ1n) is 5.07. The van der Waals surface area contributed by atoms with E-state index >= 15 is 0 Å². The Hall–Kier alpha value is -0.590. The number of rotatable bonds is 3.